The number of ether oxygens (including phenoxy) is 3. The van der Waals surface area contributed by atoms with Crippen molar-refractivity contribution in [3.05, 3.63) is 102 Å². The molecule has 0 spiro atoms. The third-order valence-electron chi connectivity index (χ3n) is 7.56. The molecule has 4 rings (SSSR count). The first-order valence-corrected chi connectivity index (χ1v) is 17.0. The molecule has 0 saturated carbocycles. The van der Waals surface area contributed by atoms with E-state index in [1.54, 1.807) is 31.4 Å². The summed E-state index contributed by atoms with van der Waals surface area (Å²) in [4.78, 5) is 17.9. The summed E-state index contributed by atoms with van der Waals surface area (Å²) >= 11 is 0. The third-order valence-corrected chi connectivity index (χ3v) is 8.89. The van der Waals surface area contributed by atoms with Gasteiger partial charge in [-0.2, -0.15) is 0 Å². The van der Waals surface area contributed by atoms with Gasteiger partial charge in [0.15, 0.2) is 0 Å². The van der Waals surface area contributed by atoms with E-state index in [4.69, 9.17) is 14.2 Å². The van der Waals surface area contributed by atoms with Crippen molar-refractivity contribution >= 4 is 28.0 Å². The number of methoxy groups -OCH3 is 1. The second-order valence-electron chi connectivity index (χ2n) is 10.9. The molecule has 0 saturated heterocycles. The molecular weight excluding hydrogens is 586 g/mol. The average Bonchev–Trinajstić information content (AvgIpc) is 3.40. The molecule has 1 N–H and O–H groups in total. The van der Waals surface area contributed by atoms with Gasteiger partial charge in [-0.05, 0) is 73.4 Å². The second kappa shape index (κ2) is 17.6. The van der Waals surface area contributed by atoms with Crippen molar-refractivity contribution in [2.75, 3.05) is 32.2 Å². The van der Waals surface area contributed by atoms with Crippen LogP contribution >= 0.6 is 0 Å². The van der Waals surface area contributed by atoms with Crippen molar-refractivity contribution in [2.24, 2.45) is 5.92 Å². The summed E-state index contributed by atoms with van der Waals surface area (Å²) in [5.41, 5.74) is 4.63. The van der Waals surface area contributed by atoms with Crippen LogP contribution in [-0.4, -0.2) is 52.7 Å². The Hall–Kier alpha value is -3.79. The minimum Gasteiger partial charge on any atom is -0.491 e. The number of benzene rings is 2. The summed E-state index contributed by atoms with van der Waals surface area (Å²) < 4.78 is 32.1. The van der Waals surface area contributed by atoms with Crippen molar-refractivity contribution in [2.45, 2.75) is 63.3 Å². The summed E-state index contributed by atoms with van der Waals surface area (Å²) in [7, 11) is 0.443. The number of imidazole rings is 1. The van der Waals surface area contributed by atoms with Gasteiger partial charge in [-0.15, -0.1) is 0 Å². The zero-order valence-electron chi connectivity index (χ0n) is 26.7. The van der Waals surface area contributed by atoms with Gasteiger partial charge in [-0.1, -0.05) is 56.7 Å². The van der Waals surface area contributed by atoms with Gasteiger partial charge in [0.1, 0.15) is 12.4 Å². The third kappa shape index (κ3) is 10.1. The largest absolute Gasteiger partial charge is 0.491 e. The lowest BCUT2D eigenvalue weighted by atomic mass is 9.90. The predicted molar refractivity (Wildman–Crippen MR) is 181 cm³/mol. The number of nitrogens with zero attached hydrogens (tertiary/aromatic N) is 2. The molecule has 3 atom stereocenters. The standard InChI is InChI=1S/C36H45N3O5S/c1-5-7-21-43-22-23-44-32-14-8-28(9-15-32)29-10-18-35(42-4)30(24-29)11-19-36(40)38-31-12-16-33(17-13-31)45(41)25-34-27(3)37-26-39(34)20-6-2/h8-19,24,26,30,35H,5-7,20-23,25H2,1-4H3,(H,38,40)/b19-11+. The summed E-state index contributed by atoms with van der Waals surface area (Å²) in [6.07, 6.45) is 14.3. The molecule has 1 aromatic heterocycles. The Morgan fingerprint density at radius 1 is 1.04 bits per heavy atom. The minimum absolute atomic E-state index is 0.119. The molecule has 0 fully saturated rings. The van der Waals surface area contributed by atoms with E-state index in [1.165, 1.54) is 6.08 Å². The van der Waals surface area contributed by atoms with Crippen LogP contribution in [0, 0.1) is 12.8 Å². The summed E-state index contributed by atoms with van der Waals surface area (Å²) in [6, 6.07) is 15.1. The molecular formula is C36H45N3O5S. The SMILES string of the molecule is CCCCOCCOc1ccc(C2=CC(/C=C/C(=O)Nc3ccc(S(=O)Cc4c(C)ncn4CCC)cc3)C(OC)C=C2)cc1. The number of nitrogens with one attached hydrogen (secondary N) is 1. The van der Waals surface area contributed by atoms with Gasteiger partial charge >= 0.3 is 0 Å². The highest BCUT2D eigenvalue weighted by Crippen LogP contribution is 2.28. The Labute approximate surface area is 269 Å². The average molecular weight is 632 g/mol. The fourth-order valence-electron chi connectivity index (χ4n) is 5.00. The Morgan fingerprint density at radius 2 is 1.82 bits per heavy atom. The van der Waals surface area contributed by atoms with Gasteiger partial charge in [0.2, 0.25) is 5.91 Å². The Morgan fingerprint density at radius 3 is 2.53 bits per heavy atom. The van der Waals surface area contributed by atoms with E-state index in [0.29, 0.717) is 29.5 Å². The normalized spacial score (nSPS) is 16.9. The zero-order chi connectivity index (χ0) is 32.0. The first-order chi connectivity index (χ1) is 21.9. The number of amides is 1. The lowest BCUT2D eigenvalue weighted by Gasteiger charge is -2.23. The fraction of sp³-hybridized carbons (Fsp3) is 0.389. The highest BCUT2D eigenvalue weighted by Gasteiger charge is 2.19. The number of allylic oxidation sites excluding steroid dienone is 2. The number of aryl methyl sites for hydroxylation is 2. The summed E-state index contributed by atoms with van der Waals surface area (Å²) in [5, 5.41) is 2.90. The van der Waals surface area contributed by atoms with Gasteiger partial charge in [-0.3, -0.25) is 9.00 Å². The van der Waals surface area contributed by atoms with Crippen LogP contribution in [0.1, 0.15) is 50.1 Å². The Balaban J connectivity index is 1.32. The lowest BCUT2D eigenvalue weighted by Crippen LogP contribution is -2.20. The maximum Gasteiger partial charge on any atom is 0.248 e. The molecule has 0 aliphatic heterocycles. The van der Waals surface area contributed by atoms with Crippen molar-refractivity contribution in [3.63, 3.8) is 0 Å². The van der Waals surface area contributed by atoms with Crippen LogP contribution < -0.4 is 10.1 Å². The first kappa shape index (κ1) is 34.1. The number of unbranched alkanes of at least 4 members (excludes halogenated alkanes) is 1. The lowest BCUT2D eigenvalue weighted by molar-refractivity contribution is -0.111. The van der Waals surface area contributed by atoms with Gasteiger partial charge in [0.05, 0.1) is 47.0 Å². The van der Waals surface area contributed by atoms with E-state index >= 15 is 0 Å². The van der Waals surface area contributed by atoms with Crippen molar-refractivity contribution in [1.29, 1.82) is 0 Å². The summed E-state index contributed by atoms with van der Waals surface area (Å²) in [5.74, 6) is 0.836. The Bertz CT molecular complexity index is 1490. The highest BCUT2D eigenvalue weighted by atomic mass is 32.2. The first-order valence-electron chi connectivity index (χ1n) is 15.6. The van der Waals surface area contributed by atoms with E-state index < -0.39 is 10.8 Å². The van der Waals surface area contributed by atoms with E-state index in [9.17, 15) is 9.00 Å². The van der Waals surface area contributed by atoms with Crippen molar-refractivity contribution in [3.8, 4) is 5.75 Å². The maximum atomic E-state index is 13.1. The van der Waals surface area contributed by atoms with Crippen LogP contribution in [0.4, 0.5) is 5.69 Å². The molecule has 1 aliphatic rings. The van der Waals surface area contributed by atoms with Crippen LogP contribution in [0.5, 0.6) is 5.75 Å². The molecule has 2 aromatic carbocycles. The van der Waals surface area contributed by atoms with E-state index in [2.05, 4.69) is 34.8 Å². The maximum absolute atomic E-state index is 13.1. The van der Waals surface area contributed by atoms with Gasteiger partial charge in [0.25, 0.3) is 0 Å². The Kier molecular flexibility index (Phi) is 13.4. The van der Waals surface area contributed by atoms with Crippen LogP contribution in [0.2, 0.25) is 0 Å². The number of hydrogen-bond donors (Lipinski definition) is 1. The van der Waals surface area contributed by atoms with Crippen LogP contribution in [-0.2, 0) is 37.4 Å². The molecule has 3 aromatic rings. The fourth-order valence-corrected chi connectivity index (χ4v) is 6.23. The van der Waals surface area contributed by atoms with Crippen LogP contribution in [0.3, 0.4) is 0 Å². The van der Waals surface area contributed by atoms with Gasteiger partial charge in [0, 0.05) is 36.8 Å². The molecule has 1 amide bonds. The van der Waals surface area contributed by atoms with Crippen molar-refractivity contribution in [1.82, 2.24) is 9.55 Å². The van der Waals surface area contributed by atoms with E-state index in [-0.39, 0.29) is 17.9 Å². The molecule has 45 heavy (non-hydrogen) atoms. The number of carbonyl (C=O) groups is 1. The molecule has 3 unspecified atom stereocenters. The smallest absolute Gasteiger partial charge is 0.248 e. The number of rotatable bonds is 17. The zero-order valence-corrected chi connectivity index (χ0v) is 27.6. The molecule has 0 radical (unpaired) electrons. The number of hydrogen-bond acceptors (Lipinski definition) is 6. The monoisotopic (exact) mass is 631 g/mol. The quantitative estimate of drug-likeness (QED) is 0.129. The molecule has 240 valence electrons. The molecule has 9 heteroatoms. The second-order valence-corrected chi connectivity index (χ2v) is 12.4. The molecule has 1 aliphatic carbocycles. The number of anilines is 1. The van der Waals surface area contributed by atoms with E-state index in [1.807, 2.05) is 55.7 Å². The van der Waals surface area contributed by atoms with Gasteiger partial charge < -0.3 is 24.1 Å². The molecule has 8 nitrogen and oxygen atoms in total. The minimum atomic E-state index is -1.22. The van der Waals surface area contributed by atoms with E-state index in [0.717, 1.165) is 60.7 Å². The highest BCUT2D eigenvalue weighted by molar-refractivity contribution is 7.84. The molecule has 1 heterocycles. The topological polar surface area (TPSA) is 91.7 Å². The van der Waals surface area contributed by atoms with Crippen molar-refractivity contribution < 1.29 is 23.2 Å². The van der Waals surface area contributed by atoms with Crippen LogP contribution in [0.25, 0.3) is 5.57 Å². The summed E-state index contributed by atoms with van der Waals surface area (Å²) in [6.45, 7) is 8.91. The number of carbonyl (C=O) groups excluding carboxylic acids is 1. The van der Waals surface area contributed by atoms with Gasteiger partial charge in [-0.25, -0.2) is 4.98 Å². The molecule has 0 bridgehead atoms. The predicted octanol–water partition coefficient (Wildman–Crippen LogP) is 6.88. The van der Waals surface area contributed by atoms with Crippen LogP contribution in [0.15, 0.2) is 90.1 Å². The number of aromatic nitrogens is 2.